The molecule has 1 saturated heterocycles. The van der Waals surface area contributed by atoms with E-state index in [9.17, 15) is 34.5 Å². The van der Waals surface area contributed by atoms with Gasteiger partial charge in [-0.05, 0) is 122 Å². The number of esters is 3. The molecule has 6 atom stereocenters. The zero-order valence-electron chi connectivity index (χ0n) is 47.7. The molecule has 0 saturated carbocycles. The Hall–Kier alpha value is -4.88. The molecule has 77 heavy (non-hydrogen) atoms. The normalized spacial score (nSPS) is 18.9. The first kappa shape index (κ1) is 70.1. The molecule has 1 rings (SSSR count). The number of aliphatic hydroxyl groups excluding tert-OH is 2. The number of carboxylic acid groups (broad SMARTS) is 1. The second-order valence-corrected chi connectivity index (χ2v) is 19.5. The second-order valence-electron chi connectivity index (χ2n) is 19.5. The Balaban J connectivity index is 2.74. The highest BCUT2D eigenvalue weighted by Crippen LogP contribution is 2.26. The number of hydrogen-bond acceptors (Lipinski definition) is 11. The lowest BCUT2D eigenvalue weighted by Gasteiger charge is -2.40. The van der Waals surface area contributed by atoms with Gasteiger partial charge in [-0.2, -0.15) is 0 Å². The van der Waals surface area contributed by atoms with Crippen LogP contribution in [0.2, 0.25) is 0 Å². The van der Waals surface area contributed by atoms with Crippen LogP contribution < -0.4 is 0 Å². The van der Waals surface area contributed by atoms with Gasteiger partial charge in [-0.1, -0.05) is 194 Å². The molecule has 1 heterocycles. The van der Waals surface area contributed by atoms with Crippen LogP contribution in [0.15, 0.2) is 122 Å². The fourth-order valence-electron chi connectivity index (χ4n) is 8.09. The van der Waals surface area contributed by atoms with Crippen molar-refractivity contribution in [2.75, 3.05) is 13.2 Å². The highest BCUT2D eigenvalue weighted by Gasteiger charge is 2.50. The molecule has 0 radical (unpaired) electrons. The third-order valence-electron chi connectivity index (χ3n) is 12.5. The Labute approximate surface area is 465 Å². The van der Waals surface area contributed by atoms with Gasteiger partial charge in [0.25, 0.3) is 0 Å². The van der Waals surface area contributed by atoms with Crippen LogP contribution in [0.5, 0.6) is 0 Å². The number of carbonyl (C=O) groups is 4. The zero-order chi connectivity index (χ0) is 56.1. The molecule has 0 bridgehead atoms. The van der Waals surface area contributed by atoms with Gasteiger partial charge in [-0.3, -0.25) is 14.4 Å². The summed E-state index contributed by atoms with van der Waals surface area (Å²) in [5.74, 6) is -3.23. The number of hydrogen-bond donors (Lipinski definition) is 3. The molecule has 12 nitrogen and oxygen atoms in total. The summed E-state index contributed by atoms with van der Waals surface area (Å²) >= 11 is 0. The average Bonchev–Trinajstić information content (AvgIpc) is 3.42. The molecule has 12 heteroatoms. The van der Waals surface area contributed by atoms with Gasteiger partial charge >= 0.3 is 23.9 Å². The molecular formula is C65H102O12. The first-order chi connectivity index (χ1) is 37.6. The fourth-order valence-corrected chi connectivity index (χ4v) is 8.09. The summed E-state index contributed by atoms with van der Waals surface area (Å²) in [6.45, 7) is 5.59. The summed E-state index contributed by atoms with van der Waals surface area (Å²) in [5.41, 5.74) is 0. The maximum absolute atomic E-state index is 13.1. The molecule has 6 unspecified atom stereocenters. The van der Waals surface area contributed by atoms with E-state index in [1.165, 1.54) is 0 Å². The van der Waals surface area contributed by atoms with E-state index >= 15 is 0 Å². The van der Waals surface area contributed by atoms with Crippen LogP contribution in [-0.2, 0) is 42.9 Å². The van der Waals surface area contributed by atoms with Crippen molar-refractivity contribution in [3.05, 3.63) is 122 Å². The summed E-state index contributed by atoms with van der Waals surface area (Å²) in [4.78, 5) is 51.1. The van der Waals surface area contributed by atoms with Crippen molar-refractivity contribution in [3.8, 4) is 0 Å². The molecule has 1 fully saturated rings. The van der Waals surface area contributed by atoms with Crippen molar-refractivity contribution in [3.63, 3.8) is 0 Å². The molecule has 0 aliphatic carbocycles. The van der Waals surface area contributed by atoms with E-state index in [0.717, 1.165) is 154 Å². The molecule has 0 spiro atoms. The van der Waals surface area contributed by atoms with Crippen molar-refractivity contribution >= 4 is 23.9 Å². The molecule has 434 valence electrons. The van der Waals surface area contributed by atoms with Gasteiger partial charge in [0.1, 0.15) is 18.8 Å². The average molecular weight is 1080 g/mol. The predicted molar refractivity (Wildman–Crippen MR) is 312 cm³/mol. The minimum Gasteiger partial charge on any atom is -0.479 e. The first-order valence-corrected chi connectivity index (χ1v) is 29.5. The number of aliphatic carboxylic acids is 1. The van der Waals surface area contributed by atoms with E-state index in [-0.39, 0.29) is 25.9 Å². The number of rotatable bonds is 48. The van der Waals surface area contributed by atoms with E-state index in [0.29, 0.717) is 19.3 Å². The lowest BCUT2D eigenvalue weighted by molar-refractivity contribution is -0.301. The molecule has 0 aromatic heterocycles. The van der Waals surface area contributed by atoms with Crippen LogP contribution in [0, 0.1) is 0 Å². The van der Waals surface area contributed by atoms with Crippen molar-refractivity contribution in [2.45, 2.75) is 250 Å². The smallest absolute Gasteiger partial charge is 0.335 e. The molecule has 1 aliphatic rings. The summed E-state index contributed by atoms with van der Waals surface area (Å²) in [7, 11) is 0. The topological polar surface area (TPSA) is 175 Å². The van der Waals surface area contributed by atoms with E-state index < -0.39 is 67.3 Å². The largest absolute Gasteiger partial charge is 0.479 e. The molecule has 3 N–H and O–H groups in total. The van der Waals surface area contributed by atoms with E-state index in [2.05, 4.69) is 142 Å². The molecular weight excluding hydrogens is 973 g/mol. The van der Waals surface area contributed by atoms with Crippen LogP contribution in [-0.4, -0.2) is 89.2 Å². The van der Waals surface area contributed by atoms with Gasteiger partial charge in [-0.15, -0.1) is 0 Å². The van der Waals surface area contributed by atoms with Crippen molar-refractivity contribution in [1.82, 2.24) is 0 Å². The molecule has 0 aromatic carbocycles. The van der Waals surface area contributed by atoms with Crippen molar-refractivity contribution < 1.29 is 58.2 Å². The first-order valence-electron chi connectivity index (χ1n) is 29.5. The number of aliphatic hydroxyl groups is 2. The minimum absolute atomic E-state index is 0.0364. The van der Waals surface area contributed by atoms with Gasteiger partial charge in [0.05, 0.1) is 6.61 Å². The Kier molecular flexibility index (Phi) is 47.2. The van der Waals surface area contributed by atoms with Gasteiger partial charge in [-0.25, -0.2) is 4.79 Å². The fraction of sp³-hybridized carbons (Fsp3) is 0.631. The van der Waals surface area contributed by atoms with Gasteiger partial charge in [0, 0.05) is 19.3 Å². The third kappa shape index (κ3) is 41.8. The molecule has 0 amide bonds. The monoisotopic (exact) mass is 1070 g/mol. The summed E-state index contributed by atoms with van der Waals surface area (Å²) in [6.07, 6.45) is 58.8. The lowest BCUT2D eigenvalue weighted by Crippen LogP contribution is -2.61. The SMILES string of the molecule is CC/C=C\C/C=C\C/C=C\C/C=C\CCCCC(=O)OCC(COC1OC(C(=O)O)C(O)C(O)C1OC(=O)CCCCCCCCC/C=C\C/C=C\C/C=C\CC)OC(=O)CCCCCCC/C=C\C/C=C\C/C=C\CC. The number of carbonyl (C=O) groups excluding carboxylic acids is 3. The molecule has 0 aromatic rings. The number of carboxylic acids is 1. The van der Waals surface area contributed by atoms with Crippen molar-refractivity contribution in [2.24, 2.45) is 0 Å². The second kappa shape index (κ2) is 51.9. The van der Waals surface area contributed by atoms with Gasteiger partial charge in [0.15, 0.2) is 24.6 Å². The van der Waals surface area contributed by atoms with E-state index in [4.69, 9.17) is 23.7 Å². The Morgan fingerprint density at radius 1 is 0.429 bits per heavy atom. The number of allylic oxidation sites excluding steroid dienone is 20. The van der Waals surface area contributed by atoms with E-state index in [1.54, 1.807) is 0 Å². The highest BCUT2D eigenvalue weighted by atomic mass is 16.7. The number of ether oxygens (including phenoxy) is 5. The minimum atomic E-state index is -1.92. The zero-order valence-corrected chi connectivity index (χ0v) is 47.7. The third-order valence-corrected chi connectivity index (χ3v) is 12.5. The maximum Gasteiger partial charge on any atom is 0.335 e. The highest BCUT2D eigenvalue weighted by molar-refractivity contribution is 5.74. The Morgan fingerprint density at radius 3 is 1.21 bits per heavy atom. The summed E-state index contributed by atoms with van der Waals surface area (Å²) in [5, 5.41) is 31.5. The quantitative estimate of drug-likeness (QED) is 0.0228. The maximum atomic E-state index is 13.1. The van der Waals surface area contributed by atoms with Crippen LogP contribution in [0.4, 0.5) is 0 Å². The van der Waals surface area contributed by atoms with Crippen LogP contribution in [0.3, 0.4) is 0 Å². The van der Waals surface area contributed by atoms with Crippen LogP contribution >= 0.6 is 0 Å². The summed E-state index contributed by atoms with van der Waals surface area (Å²) in [6, 6.07) is 0. The van der Waals surface area contributed by atoms with E-state index in [1.807, 2.05) is 0 Å². The number of unbranched alkanes of at least 4 members (excludes halogenated alkanes) is 14. The molecule has 1 aliphatic heterocycles. The Morgan fingerprint density at radius 2 is 0.779 bits per heavy atom. The lowest BCUT2D eigenvalue weighted by atomic mass is 9.98. The van der Waals surface area contributed by atoms with Crippen LogP contribution in [0.25, 0.3) is 0 Å². The Bertz CT molecular complexity index is 1800. The van der Waals surface area contributed by atoms with Crippen LogP contribution in [0.1, 0.15) is 213 Å². The van der Waals surface area contributed by atoms with Gasteiger partial charge in [0.2, 0.25) is 0 Å². The standard InChI is InChI=1S/C65H102O12/c1-4-7-10-13-16-19-22-25-28-29-32-35-38-41-44-47-50-53-59(68)76-63-61(70)60(69)62(64(71)72)77-65(63)74-55-56(75-58(67)52-49-46-43-40-37-34-31-27-24-21-18-15-12-9-6-3)54-73-57(66)51-48-45-42-39-36-33-30-26-23-20-17-14-11-8-5-2/h7-12,16-21,25-28,30-31,36,39,56,60-63,65,69-70H,4-6,13-15,22-24,29,32-35,37-38,40-55H2,1-3H3,(H,71,72)/b10-7-,11-8-,12-9-,19-16-,20-17-,21-18-,28-25-,30-26-,31-27-,39-36-. The van der Waals surface area contributed by atoms with Gasteiger partial charge < -0.3 is 39.0 Å². The predicted octanol–water partition coefficient (Wildman–Crippen LogP) is 15.2. The summed E-state index contributed by atoms with van der Waals surface area (Å²) < 4.78 is 28.4. The van der Waals surface area contributed by atoms with Crippen molar-refractivity contribution in [1.29, 1.82) is 0 Å².